The first kappa shape index (κ1) is 12.7. The average molecular weight is 299 g/mol. The van der Waals surface area contributed by atoms with E-state index in [4.69, 9.17) is 0 Å². The maximum Gasteiger partial charge on any atom is 0.136 e. The second-order valence-corrected chi connectivity index (χ2v) is 5.56. The highest BCUT2D eigenvalue weighted by molar-refractivity contribution is 9.10. The van der Waals surface area contributed by atoms with Gasteiger partial charge in [-0.3, -0.25) is 4.79 Å². The Labute approximate surface area is 110 Å². The van der Waals surface area contributed by atoms with Crippen LogP contribution < -0.4 is 0 Å². The van der Waals surface area contributed by atoms with E-state index in [0.717, 1.165) is 42.1 Å². The molecule has 0 heterocycles. The van der Waals surface area contributed by atoms with Crippen molar-refractivity contribution < 1.29 is 9.18 Å². The van der Waals surface area contributed by atoms with Crippen LogP contribution >= 0.6 is 15.9 Å². The van der Waals surface area contributed by atoms with Crippen molar-refractivity contribution in [2.24, 2.45) is 5.92 Å². The van der Waals surface area contributed by atoms with E-state index >= 15 is 0 Å². The average Bonchev–Trinajstić information content (AvgIpc) is 2.48. The van der Waals surface area contributed by atoms with Crippen LogP contribution in [0.1, 0.15) is 37.7 Å². The Bertz CT molecular complexity index is 417. The Morgan fingerprint density at radius 1 is 1.29 bits per heavy atom. The van der Waals surface area contributed by atoms with E-state index in [0.29, 0.717) is 12.2 Å². The van der Waals surface area contributed by atoms with Gasteiger partial charge in [-0.2, -0.15) is 0 Å². The quantitative estimate of drug-likeness (QED) is 0.745. The van der Waals surface area contributed by atoms with E-state index in [-0.39, 0.29) is 11.7 Å². The monoisotopic (exact) mass is 298 g/mol. The Morgan fingerprint density at radius 2 is 2.12 bits per heavy atom. The summed E-state index contributed by atoms with van der Waals surface area (Å²) in [6, 6.07) is 4.70. The summed E-state index contributed by atoms with van der Waals surface area (Å²) in [5.74, 6) is 0.255. The van der Waals surface area contributed by atoms with E-state index in [1.165, 1.54) is 12.1 Å². The molecule has 0 radical (unpaired) electrons. The highest BCUT2D eigenvalue weighted by Gasteiger charge is 2.21. The molecule has 1 fully saturated rings. The summed E-state index contributed by atoms with van der Waals surface area (Å²) < 4.78 is 13.7. The molecular formula is C14H16BrFO. The predicted molar refractivity (Wildman–Crippen MR) is 69.4 cm³/mol. The topological polar surface area (TPSA) is 17.1 Å². The standard InChI is InChI=1S/C14H16BrFO/c15-13-9-12(16)7-6-10(13)8-11-4-2-1-3-5-14(11)17/h6-7,9,11H,1-5,8H2. The molecule has 17 heavy (non-hydrogen) atoms. The van der Waals surface area contributed by atoms with Crippen LogP contribution in [0, 0.1) is 11.7 Å². The van der Waals surface area contributed by atoms with Gasteiger partial charge in [-0.05, 0) is 37.0 Å². The minimum Gasteiger partial charge on any atom is -0.299 e. The van der Waals surface area contributed by atoms with Crippen LogP contribution in [0.3, 0.4) is 0 Å². The lowest BCUT2D eigenvalue weighted by Crippen LogP contribution is -2.15. The minimum absolute atomic E-state index is 0.124. The summed E-state index contributed by atoms with van der Waals surface area (Å²) in [6.07, 6.45) is 5.74. The van der Waals surface area contributed by atoms with Crippen LogP contribution in [-0.4, -0.2) is 5.78 Å². The molecule has 0 aliphatic heterocycles. The first-order valence-electron chi connectivity index (χ1n) is 6.13. The fourth-order valence-electron chi connectivity index (χ4n) is 2.40. The number of benzene rings is 1. The Morgan fingerprint density at radius 3 is 2.88 bits per heavy atom. The third-order valence-corrected chi connectivity index (χ3v) is 4.15. The maximum atomic E-state index is 13.0. The van der Waals surface area contributed by atoms with Crippen molar-refractivity contribution in [3.63, 3.8) is 0 Å². The van der Waals surface area contributed by atoms with Crippen LogP contribution in [0.2, 0.25) is 0 Å². The number of rotatable bonds is 2. The molecule has 1 aromatic rings. The molecule has 0 aromatic heterocycles. The van der Waals surface area contributed by atoms with Gasteiger partial charge in [0.2, 0.25) is 0 Å². The third kappa shape index (κ3) is 3.38. The van der Waals surface area contributed by atoms with Crippen molar-refractivity contribution in [1.29, 1.82) is 0 Å². The number of Topliss-reactive ketones (excluding diaryl/α,β-unsaturated/α-hetero) is 1. The van der Waals surface area contributed by atoms with Crippen LogP contribution in [0.15, 0.2) is 22.7 Å². The molecule has 0 saturated heterocycles. The van der Waals surface area contributed by atoms with Gasteiger partial charge in [0.15, 0.2) is 0 Å². The second kappa shape index (κ2) is 5.76. The highest BCUT2D eigenvalue weighted by Crippen LogP contribution is 2.27. The van der Waals surface area contributed by atoms with Gasteiger partial charge in [0, 0.05) is 16.8 Å². The van der Waals surface area contributed by atoms with Gasteiger partial charge in [-0.25, -0.2) is 4.39 Å². The summed E-state index contributed by atoms with van der Waals surface area (Å²) in [6.45, 7) is 0. The number of carbonyl (C=O) groups is 1. The van der Waals surface area contributed by atoms with Gasteiger partial charge in [-0.1, -0.05) is 34.8 Å². The first-order valence-corrected chi connectivity index (χ1v) is 6.93. The number of hydrogen-bond acceptors (Lipinski definition) is 1. The summed E-state index contributed by atoms with van der Waals surface area (Å²) in [5, 5.41) is 0. The molecule has 0 bridgehead atoms. The fourth-order valence-corrected chi connectivity index (χ4v) is 2.91. The van der Waals surface area contributed by atoms with Crippen molar-refractivity contribution >= 4 is 21.7 Å². The molecule has 3 heteroatoms. The van der Waals surface area contributed by atoms with Crippen LogP contribution in [0.5, 0.6) is 0 Å². The van der Waals surface area contributed by atoms with Gasteiger partial charge < -0.3 is 0 Å². The minimum atomic E-state index is -0.243. The summed E-state index contributed by atoms with van der Waals surface area (Å²) >= 11 is 3.36. The third-order valence-electron chi connectivity index (χ3n) is 3.41. The van der Waals surface area contributed by atoms with E-state index in [2.05, 4.69) is 15.9 Å². The zero-order valence-electron chi connectivity index (χ0n) is 9.72. The summed E-state index contributed by atoms with van der Waals surface area (Å²) in [5.41, 5.74) is 1.03. The van der Waals surface area contributed by atoms with Gasteiger partial charge in [0.1, 0.15) is 11.6 Å². The normalized spacial score (nSPS) is 21.3. The molecule has 1 nitrogen and oxygen atoms in total. The Hall–Kier alpha value is -0.700. The van der Waals surface area contributed by atoms with Crippen molar-refractivity contribution in [2.45, 2.75) is 38.5 Å². The number of carbonyl (C=O) groups excluding carboxylic acids is 1. The number of hydrogen-bond donors (Lipinski definition) is 0. The molecule has 0 spiro atoms. The number of halogens is 2. The zero-order chi connectivity index (χ0) is 12.3. The molecule has 1 aromatic carbocycles. The summed E-state index contributed by atoms with van der Waals surface area (Å²) in [4.78, 5) is 11.9. The molecule has 0 N–H and O–H groups in total. The van der Waals surface area contributed by atoms with E-state index in [1.54, 1.807) is 6.07 Å². The van der Waals surface area contributed by atoms with Crippen molar-refractivity contribution in [3.8, 4) is 0 Å². The van der Waals surface area contributed by atoms with E-state index < -0.39 is 0 Å². The lowest BCUT2D eigenvalue weighted by atomic mass is 9.91. The fraction of sp³-hybridized carbons (Fsp3) is 0.500. The SMILES string of the molecule is O=C1CCCCCC1Cc1ccc(F)cc1Br. The summed E-state index contributed by atoms with van der Waals surface area (Å²) in [7, 11) is 0. The molecule has 1 atom stereocenters. The van der Waals surface area contributed by atoms with Gasteiger partial charge in [0.25, 0.3) is 0 Å². The Kier molecular flexibility index (Phi) is 4.32. The van der Waals surface area contributed by atoms with Gasteiger partial charge >= 0.3 is 0 Å². The van der Waals surface area contributed by atoms with Gasteiger partial charge in [0.05, 0.1) is 0 Å². The lowest BCUT2D eigenvalue weighted by molar-refractivity contribution is -0.122. The first-order chi connectivity index (χ1) is 8.16. The predicted octanol–water partition coefficient (Wildman–Crippen LogP) is 4.28. The molecule has 2 rings (SSSR count). The molecule has 92 valence electrons. The van der Waals surface area contributed by atoms with E-state index in [9.17, 15) is 9.18 Å². The number of ketones is 1. The smallest absolute Gasteiger partial charge is 0.136 e. The van der Waals surface area contributed by atoms with Gasteiger partial charge in [-0.15, -0.1) is 0 Å². The zero-order valence-corrected chi connectivity index (χ0v) is 11.3. The molecule has 1 aliphatic rings. The molecule has 0 amide bonds. The van der Waals surface area contributed by atoms with Crippen molar-refractivity contribution in [2.75, 3.05) is 0 Å². The highest BCUT2D eigenvalue weighted by atomic mass is 79.9. The Balaban J connectivity index is 2.10. The molecule has 1 saturated carbocycles. The largest absolute Gasteiger partial charge is 0.299 e. The van der Waals surface area contributed by atoms with Crippen LogP contribution in [-0.2, 0) is 11.2 Å². The molecule has 1 unspecified atom stereocenters. The lowest BCUT2D eigenvalue weighted by Gasteiger charge is -2.14. The maximum absolute atomic E-state index is 13.0. The molecule has 1 aliphatic carbocycles. The van der Waals surface area contributed by atoms with Crippen molar-refractivity contribution in [1.82, 2.24) is 0 Å². The van der Waals surface area contributed by atoms with Crippen LogP contribution in [0.25, 0.3) is 0 Å². The second-order valence-electron chi connectivity index (χ2n) is 4.70. The van der Waals surface area contributed by atoms with E-state index in [1.807, 2.05) is 0 Å². The van der Waals surface area contributed by atoms with Crippen molar-refractivity contribution in [3.05, 3.63) is 34.1 Å². The van der Waals surface area contributed by atoms with Crippen LogP contribution in [0.4, 0.5) is 4.39 Å². The molecular weight excluding hydrogens is 283 g/mol.